The predicted molar refractivity (Wildman–Crippen MR) is 96.1 cm³/mol. The number of carbonyl (C=O) groups is 2. The highest BCUT2D eigenvalue weighted by Gasteiger charge is 2.36. The van der Waals surface area contributed by atoms with Crippen LogP contribution in [-0.2, 0) is 16.1 Å². The Kier molecular flexibility index (Phi) is 5.36. The van der Waals surface area contributed by atoms with Crippen LogP contribution in [0.25, 0.3) is 0 Å². The molecule has 1 aliphatic rings. The van der Waals surface area contributed by atoms with Crippen molar-refractivity contribution in [2.75, 3.05) is 25.7 Å². The van der Waals surface area contributed by atoms with Crippen molar-refractivity contribution in [3.8, 4) is 11.5 Å². The van der Waals surface area contributed by atoms with E-state index in [0.29, 0.717) is 30.3 Å². The highest BCUT2D eigenvalue weighted by atomic mass is 16.5. The van der Waals surface area contributed by atoms with E-state index < -0.39 is 5.92 Å². The number of methoxy groups -OCH3 is 2. The Bertz CT molecular complexity index is 795. The Hall–Kier alpha value is -3.09. The monoisotopic (exact) mass is 355 g/mol. The summed E-state index contributed by atoms with van der Waals surface area (Å²) in [6.07, 6.45) is 3.53. The van der Waals surface area contributed by atoms with Gasteiger partial charge in [0.15, 0.2) is 0 Å². The maximum absolute atomic E-state index is 12.5. The Morgan fingerprint density at radius 2 is 2.00 bits per heavy atom. The summed E-state index contributed by atoms with van der Waals surface area (Å²) in [4.78, 5) is 30.5. The molecule has 0 bridgehead atoms. The van der Waals surface area contributed by atoms with Gasteiger partial charge in [0.05, 0.1) is 25.8 Å². The third-order valence-corrected chi connectivity index (χ3v) is 4.39. The second kappa shape index (κ2) is 7.86. The van der Waals surface area contributed by atoms with Gasteiger partial charge in [-0.25, -0.2) is 0 Å². The Labute approximate surface area is 151 Å². The average Bonchev–Trinajstić information content (AvgIpc) is 3.08. The van der Waals surface area contributed by atoms with Crippen LogP contribution in [0.4, 0.5) is 5.69 Å². The van der Waals surface area contributed by atoms with Crippen LogP contribution >= 0.6 is 0 Å². The second-order valence-corrected chi connectivity index (χ2v) is 6.02. The second-order valence-electron chi connectivity index (χ2n) is 6.02. The fraction of sp³-hybridized carbons (Fsp3) is 0.316. The molecular weight excluding hydrogens is 334 g/mol. The number of rotatable bonds is 6. The van der Waals surface area contributed by atoms with Crippen LogP contribution in [0.2, 0.25) is 0 Å². The number of pyridine rings is 1. The molecule has 1 saturated heterocycles. The summed E-state index contributed by atoms with van der Waals surface area (Å²) in [5.41, 5.74) is 1.57. The number of nitrogens with one attached hydrogen (secondary N) is 1. The van der Waals surface area contributed by atoms with Gasteiger partial charge in [-0.3, -0.25) is 14.6 Å². The van der Waals surface area contributed by atoms with Gasteiger partial charge in [-0.1, -0.05) is 0 Å². The Morgan fingerprint density at radius 3 is 2.69 bits per heavy atom. The fourth-order valence-electron chi connectivity index (χ4n) is 2.96. The van der Waals surface area contributed by atoms with Gasteiger partial charge in [0.1, 0.15) is 11.5 Å². The van der Waals surface area contributed by atoms with E-state index in [9.17, 15) is 9.59 Å². The number of anilines is 1. The van der Waals surface area contributed by atoms with Crippen LogP contribution in [-0.4, -0.2) is 37.6 Å². The molecule has 7 heteroatoms. The number of carbonyl (C=O) groups excluding carboxylic acids is 2. The summed E-state index contributed by atoms with van der Waals surface area (Å²) in [6, 6.07) is 8.94. The van der Waals surface area contributed by atoms with Crippen molar-refractivity contribution in [1.29, 1.82) is 0 Å². The van der Waals surface area contributed by atoms with E-state index in [-0.39, 0.29) is 18.2 Å². The van der Waals surface area contributed by atoms with Crippen molar-refractivity contribution in [1.82, 2.24) is 10.3 Å². The fourth-order valence-corrected chi connectivity index (χ4v) is 2.96. The molecule has 1 fully saturated rings. The minimum Gasteiger partial charge on any atom is -0.497 e. The minimum atomic E-state index is -0.403. The smallest absolute Gasteiger partial charge is 0.227 e. The zero-order valence-electron chi connectivity index (χ0n) is 14.8. The molecule has 2 aromatic rings. The molecule has 2 heterocycles. The standard InChI is InChI=1S/C19H21N3O4/c1-25-15-3-4-17(26-2)16(10-15)22-12-14(9-18(22)23)19(24)21-11-13-5-7-20-8-6-13/h3-8,10,14H,9,11-12H2,1-2H3,(H,21,24). The van der Waals surface area contributed by atoms with Gasteiger partial charge in [0.2, 0.25) is 11.8 Å². The Balaban J connectivity index is 1.69. The van der Waals surface area contributed by atoms with Gasteiger partial charge >= 0.3 is 0 Å². The molecule has 1 aromatic carbocycles. The molecule has 3 rings (SSSR count). The lowest BCUT2D eigenvalue weighted by Gasteiger charge is -2.20. The summed E-state index contributed by atoms with van der Waals surface area (Å²) in [6.45, 7) is 0.721. The first-order valence-electron chi connectivity index (χ1n) is 8.31. The van der Waals surface area contributed by atoms with Crippen LogP contribution in [0.1, 0.15) is 12.0 Å². The average molecular weight is 355 g/mol. The van der Waals surface area contributed by atoms with Crippen LogP contribution in [0.15, 0.2) is 42.7 Å². The van der Waals surface area contributed by atoms with Crippen LogP contribution < -0.4 is 19.7 Å². The maximum Gasteiger partial charge on any atom is 0.227 e. The third-order valence-electron chi connectivity index (χ3n) is 4.39. The number of amides is 2. The van der Waals surface area contributed by atoms with E-state index in [1.807, 2.05) is 12.1 Å². The van der Waals surface area contributed by atoms with Gasteiger partial charge in [-0.05, 0) is 29.8 Å². The first kappa shape index (κ1) is 17.7. The summed E-state index contributed by atoms with van der Waals surface area (Å²) in [5, 5.41) is 2.88. The molecule has 0 spiro atoms. The van der Waals surface area contributed by atoms with E-state index in [4.69, 9.17) is 9.47 Å². The highest BCUT2D eigenvalue weighted by Crippen LogP contribution is 2.36. The molecule has 26 heavy (non-hydrogen) atoms. The van der Waals surface area contributed by atoms with Crippen molar-refractivity contribution in [2.24, 2.45) is 5.92 Å². The van der Waals surface area contributed by atoms with Gasteiger partial charge in [0, 0.05) is 38.0 Å². The quantitative estimate of drug-likeness (QED) is 0.854. The number of nitrogens with zero attached hydrogens (tertiary/aromatic N) is 2. The molecule has 7 nitrogen and oxygen atoms in total. The number of benzene rings is 1. The molecule has 0 aliphatic carbocycles. The van der Waals surface area contributed by atoms with Crippen molar-refractivity contribution >= 4 is 17.5 Å². The molecule has 0 radical (unpaired) electrons. The third kappa shape index (κ3) is 3.77. The molecule has 1 atom stereocenters. The molecule has 0 saturated carbocycles. The summed E-state index contributed by atoms with van der Waals surface area (Å²) in [7, 11) is 3.11. The number of aromatic nitrogens is 1. The summed E-state index contributed by atoms with van der Waals surface area (Å²) in [5.74, 6) is 0.538. The summed E-state index contributed by atoms with van der Waals surface area (Å²) >= 11 is 0. The normalized spacial score (nSPS) is 16.5. The van der Waals surface area contributed by atoms with Crippen molar-refractivity contribution in [3.63, 3.8) is 0 Å². The predicted octanol–water partition coefficient (Wildman–Crippen LogP) is 1.77. The highest BCUT2D eigenvalue weighted by molar-refractivity contribution is 6.01. The van der Waals surface area contributed by atoms with Gasteiger partial charge in [-0.15, -0.1) is 0 Å². The van der Waals surface area contributed by atoms with Crippen molar-refractivity contribution in [2.45, 2.75) is 13.0 Å². The van der Waals surface area contributed by atoms with Crippen molar-refractivity contribution < 1.29 is 19.1 Å². The van der Waals surface area contributed by atoms with Crippen LogP contribution in [0.5, 0.6) is 11.5 Å². The molecule has 136 valence electrons. The molecule has 2 amide bonds. The van der Waals surface area contributed by atoms with E-state index >= 15 is 0 Å². The summed E-state index contributed by atoms with van der Waals surface area (Å²) < 4.78 is 10.6. The zero-order chi connectivity index (χ0) is 18.5. The maximum atomic E-state index is 12.5. The first-order valence-corrected chi connectivity index (χ1v) is 8.31. The van der Waals surface area contributed by atoms with E-state index in [1.54, 1.807) is 49.7 Å². The van der Waals surface area contributed by atoms with Crippen molar-refractivity contribution in [3.05, 3.63) is 48.3 Å². The SMILES string of the molecule is COc1ccc(OC)c(N2CC(C(=O)NCc3ccncc3)CC2=O)c1. The minimum absolute atomic E-state index is 0.111. The van der Waals surface area contributed by atoms with Gasteiger partial charge < -0.3 is 19.7 Å². The molecule has 1 aromatic heterocycles. The van der Waals surface area contributed by atoms with E-state index in [2.05, 4.69) is 10.3 Å². The lowest BCUT2D eigenvalue weighted by molar-refractivity contribution is -0.126. The van der Waals surface area contributed by atoms with E-state index in [1.165, 1.54) is 0 Å². The largest absolute Gasteiger partial charge is 0.497 e. The Morgan fingerprint density at radius 1 is 1.23 bits per heavy atom. The molecule has 1 unspecified atom stereocenters. The zero-order valence-corrected chi connectivity index (χ0v) is 14.8. The molecular formula is C19H21N3O4. The first-order chi connectivity index (χ1) is 12.6. The number of ether oxygens (including phenoxy) is 2. The molecule has 1 N–H and O–H groups in total. The molecule has 1 aliphatic heterocycles. The van der Waals surface area contributed by atoms with Gasteiger partial charge in [0.25, 0.3) is 0 Å². The lowest BCUT2D eigenvalue weighted by atomic mass is 10.1. The number of hydrogen-bond donors (Lipinski definition) is 1. The van der Waals surface area contributed by atoms with Crippen LogP contribution in [0, 0.1) is 5.92 Å². The van der Waals surface area contributed by atoms with Gasteiger partial charge in [-0.2, -0.15) is 0 Å². The topological polar surface area (TPSA) is 80.8 Å². The van der Waals surface area contributed by atoms with E-state index in [0.717, 1.165) is 5.56 Å². The van der Waals surface area contributed by atoms with Crippen LogP contribution in [0.3, 0.4) is 0 Å². The number of hydrogen-bond acceptors (Lipinski definition) is 5. The lowest BCUT2D eigenvalue weighted by Crippen LogP contribution is -2.32.